The summed E-state index contributed by atoms with van der Waals surface area (Å²) in [5.41, 5.74) is -0.183. The maximum absolute atomic E-state index is 13.1. The SMILES string of the molecule is CC(C)OCC(=O)Nc1cccc(F)c1F. The fourth-order valence-electron chi connectivity index (χ4n) is 1.03. The summed E-state index contributed by atoms with van der Waals surface area (Å²) in [7, 11) is 0. The largest absolute Gasteiger partial charge is 0.369 e. The van der Waals surface area contributed by atoms with Gasteiger partial charge in [0.1, 0.15) is 6.61 Å². The fourth-order valence-corrected chi connectivity index (χ4v) is 1.03. The lowest BCUT2D eigenvalue weighted by molar-refractivity contribution is -0.121. The molecule has 0 atom stereocenters. The minimum absolute atomic E-state index is 0.0943. The Morgan fingerprint density at radius 3 is 2.75 bits per heavy atom. The predicted octanol–water partition coefficient (Wildman–Crippen LogP) is 2.33. The van der Waals surface area contributed by atoms with Gasteiger partial charge in [0.2, 0.25) is 5.91 Å². The number of amides is 1. The minimum Gasteiger partial charge on any atom is -0.369 e. The Balaban J connectivity index is 2.59. The lowest BCUT2D eigenvalue weighted by Gasteiger charge is -2.09. The second-order valence-corrected chi connectivity index (χ2v) is 3.51. The van der Waals surface area contributed by atoms with Crippen molar-refractivity contribution in [2.24, 2.45) is 0 Å². The molecule has 1 rings (SSSR count). The number of hydrogen-bond donors (Lipinski definition) is 1. The van der Waals surface area contributed by atoms with E-state index in [1.54, 1.807) is 13.8 Å². The highest BCUT2D eigenvalue weighted by molar-refractivity contribution is 5.91. The van der Waals surface area contributed by atoms with Crippen LogP contribution >= 0.6 is 0 Å². The van der Waals surface area contributed by atoms with Crippen LogP contribution < -0.4 is 5.32 Å². The van der Waals surface area contributed by atoms with Gasteiger partial charge >= 0.3 is 0 Å². The van der Waals surface area contributed by atoms with Crippen LogP contribution in [0, 0.1) is 11.6 Å². The van der Waals surface area contributed by atoms with E-state index in [9.17, 15) is 13.6 Å². The first-order valence-corrected chi connectivity index (χ1v) is 4.86. The van der Waals surface area contributed by atoms with Gasteiger partial charge in [-0.2, -0.15) is 0 Å². The third-order valence-electron chi connectivity index (χ3n) is 1.77. The van der Waals surface area contributed by atoms with Gasteiger partial charge in [0.05, 0.1) is 11.8 Å². The molecule has 0 fully saturated rings. The first-order valence-electron chi connectivity index (χ1n) is 4.86. The van der Waals surface area contributed by atoms with Crippen molar-refractivity contribution >= 4 is 11.6 Å². The van der Waals surface area contributed by atoms with Crippen LogP contribution in [0.4, 0.5) is 14.5 Å². The predicted molar refractivity (Wildman–Crippen MR) is 56.1 cm³/mol. The zero-order valence-corrected chi connectivity index (χ0v) is 9.09. The molecule has 0 heterocycles. The van der Waals surface area contributed by atoms with Crippen LogP contribution in [0.1, 0.15) is 13.8 Å². The average Bonchev–Trinajstić information content (AvgIpc) is 2.22. The smallest absolute Gasteiger partial charge is 0.250 e. The van der Waals surface area contributed by atoms with Gasteiger partial charge in [-0.15, -0.1) is 0 Å². The van der Waals surface area contributed by atoms with Crippen molar-refractivity contribution in [3.8, 4) is 0 Å². The number of nitrogens with one attached hydrogen (secondary N) is 1. The third kappa shape index (κ3) is 3.58. The molecule has 0 unspecified atom stereocenters. The normalized spacial score (nSPS) is 10.6. The van der Waals surface area contributed by atoms with Crippen LogP contribution in [0.5, 0.6) is 0 Å². The second-order valence-electron chi connectivity index (χ2n) is 3.51. The van der Waals surface area contributed by atoms with Crippen molar-refractivity contribution in [2.45, 2.75) is 20.0 Å². The maximum atomic E-state index is 13.1. The number of ether oxygens (including phenoxy) is 1. The van der Waals surface area contributed by atoms with Gasteiger partial charge in [-0.05, 0) is 26.0 Å². The topological polar surface area (TPSA) is 38.3 Å². The van der Waals surface area contributed by atoms with E-state index in [-0.39, 0.29) is 18.4 Å². The van der Waals surface area contributed by atoms with Gasteiger partial charge < -0.3 is 10.1 Å². The molecule has 0 aliphatic carbocycles. The van der Waals surface area contributed by atoms with E-state index >= 15 is 0 Å². The van der Waals surface area contributed by atoms with Gasteiger partial charge in [-0.1, -0.05) is 6.07 Å². The molecule has 0 spiro atoms. The van der Waals surface area contributed by atoms with E-state index in [1.807, 2.05) is 0 Å². The number of hydrogen-bond acceptors (Lipinski definition) is 2. The molecule has 3 nitrogen and oxygen atoms in total. The first kappa shape index (κ1) is 12.6. The van der Waals surface area contributed by atoms with Gasteiger partial charge in [-0.3, -0.25) is 4.79 Å². The standard InChI is InChI=1S/C11H13F2NO2/c1-7(2)16-6-10(15)14-9-5-3-4-8(12)11(9)13/h3-5,7H,6H2,1-2H3,(H,14,15). The lowest BCUT2D eigenvalue weighted by Crippen LogP contribution is -2.21. The van der Waals surface area contributed by atoms with Crippen LogP contribution in [0.2, 0.25) is 0 Å². The molecule has 0 aromatic heterocycles. The zero-order valence-electron chi connectivity index (χ0n) is 9.09. The van der Waals surface area contributed by atoms with E-state index < -0.39 is 17.5 Å². The van der Waals surface area contributed by atoms with Gasteiger partial charge in [-0.25, -0.2) is 8.78 Å². The Morgan fingerprint density at radius 1 is 1.44 bits per heavy atom. The summed E-state index contributed by atoms with van der Waals surface area (Å²) in [6, 6.07) is 3.58. The maximum Gasteiger partial charge on any atom is 0.250 e. The third-order valence-corrected chi connectivity index (χ3v) is 1.77. The molecule has 5 heteroatoms. The molecule has 1 aromatic carbocycles. The van der Waals surface area contributed by atoms with Crippen molar-refractivity contribution in [2.75, 3.05) is 11.9 Å². The highest BCUT2D eigenvalue weighted by atomic mass is 19.2. The molecule has 0 radical (unpaired) electrons. The molecule has 0 bridgehead atoms. The Hall–Kier alpha value is -1.49. The van der Waals surface area contributed by atoms with Gasteiger partial charge in [0, 0.05) is 0 Å². The minimum atomic E-state index is -1.07. The summed E-state index contributed by atoms with van der Waals surface area (Å²) >= 11 is 0. The highest BCUT2D eigenvalue weighted by Gasteiger charge is 2.10. The molecule has 0 saturated carbocycles. The van der Waals surface area contributed by atoms with Crippen LogP contribution in [0.25, 0.3) is 0 Å². The number of halogens is 2. The van der Waals surface area contributed by atoms with E-state index in [0.717, 1.165) is 6.07 Å². The average molecular weight is 229 g/mol. The summed E-state index contributed by atoms with van der Waals surface area (Å²) in [4.78, 5) is 11.3. The summed E-state index contributed by atoms with van der Waals surface area (Å²) in [5, 5.41) is 2.23. The molecule has 1 N–H and O–H groups in total. The molecule has 0 aliphatic heterocycles. The number of carbonyl (C=O) groups excluding carboxylic acids is 1. The summed E-state index contributed by atoms with van der Waals surface area (Å²) in [6.07, 6.45) is -0.0943. The molecule has 16 heavy (non-hydrogen) atoms. The fraction of sp³-hybridized carbons (Fsp3) is 0.364. The Bertz CT molecular complexity index is 380. The van der Waals surface area contributed by atoms with Crippen LogP contribution in [-0.4, -0.2) is 18.6 Å². The molecule has 1 aromatic rings. The zero-order chi connectivity index (χ0) is 12.1. The van der Waals surface area contributed by atoms with E-state index in [4.69, 9.17) is 4.74 Å². The monoisotopic (exact) mass is 229 g/mol. The molecular weight excluding hydrogens is 216 g/mol. The molecule has 0 aliphatic rings. The van der Waals surface area contributed by atoms with Crippen LogP contribution in [0.15, 0.2) is 18.2 Å². The van der Waals surface area contributed by atoms with Crippen molar-refractivity contribution in [1.29, 1.82) is 0 Å². The summed E-state index contributed by atoms with van der Waals surface area (Å²) in [6.45, 7) is 3.36. The van der Waals surface area contributed by atoms with E-state index in [1.165, 1.54) is 12.1 Å². The molecular formula is C11H13F2NO2. The Kier molecular flexibility index (Phi) is 4.37. The van der Waals surface area contributed by atoms with Crippen molar-refractivity contribution in [3.05, 3.63) is 29.8 Å². The van der Waals surface area contributed by atoms with E-state index in [0.29, 0.717) is 0 Å². The first-order chi connectivity index (χ1) is 7.50. The van der Waals surface area contributed by atoms with Crippen molar-refractivity contribution in [3.63, 3.8) is 0 Å². The highest BCUT2D eigenvalue weighted by Crippen LogP contribution is 2.16. The second kappa shape index (κ2) is 5.55. The lowest BCUT2D eigenvalue weighted by atomic mass is 10.3. The van der Waals surface area contributed by atoms with E-state index in [2.05, 4.69) is 5.32 Å². The van der Waals surface area contributed by atoms with Crippen molar-refractivity contribution in [1.82, 2.24) is 0 Å². The number of rotatable bonds is 4. The van der Waals surface area contributed by atoms with Gasteiger partial charge in [0.15, 0.2) is 11.6 Å². The van der Waals surface area contributed by atoms with Crippen LogP contribution in [0.3, 0.4) is 0 Å². The molecule has 0 saturated heterocycles. The Morgan fingerprint density at radius 2 is 2.12 bits per heavy atom. The summed E-state index contributed by atoms with van der Waals surface area (Å²) < 4.78 is 30.9. The number of benzene rings is 1. The van der Waals surface area contributed by atoms with Crippen LogP contribution in [-0.2, 0) is 9.53 Å². The summed E-state index contributed by atoms with van der Waals surface area (Å²) in [5.74, 6) is -2.58. The Labute approximate surface area is 92.4 Å². The number of anilines is 1. The van der Waals surface area contributed by atoms with Gasteiger partial charge in [0.25, 0.3) is 0 Å². The quantitative estimate of drug-likeness (QED) is 0.860. The number of carbonyl (C=O) groups is 1. The molecule has 1 amide bonds. The molecule has 88 valence electrons. The van der Waals surface area contributed by atoms with Crippen molar-refractivity contribution < 1.29 is 18.3 Å².